The molecule has 6 nitrogen and oxygen atoms in total. The van der Waals surface area contributed by atoms with Gasteiger partial charge in [-0.25, -0.2) is 9.97 Å². The van der Waals surface area contributed by atoms with Crippen LogP contribution in [0.3, 0.4) is 0 Å². The summed E-state index contributed by atoms with van der Waals surface area (Å²) in [6, 6.07) is 12.8. The number of piperidine rings is 2. The van der Waals surface area contributed by atoms with Gasteiger partial charge in [0, 0.05) is 44.6 Å². The maximum absolute atomic E-state index is 12.7. The van der Waals surface area contributed by atoms with Crippen molar-refractivity contribution < 1.29 is 4.79 Å². The Morgan fingerprint density at radius 2 is 1.76 bits per heavy atom. The average molecular weight is 394 g/mol. The first-order valence-electron chi connectivity index (χ1n) is 10.9. The summed E-state index contributed by atoms with van der Waals surface area (Å²) in [5.41, 5.74) is 1.27. The molecule has 154 valence electrons. The van der Waals surface area contributed by atoms with Gasteiger partial charge in [0.15, 0.2) is 0 Å². The molecule has 2 aliphatic rings. The number of aromatic nitrogens is 2. The molecule has 2 aromatic rings. The summed E-state index contributed by atoms with van der Waals surface area (Å²) in [6.07, 6.45) is 8.84. The monoisotopic (exact) mass is 393 g/mol. The van der Waals surface area contributed by atoms with E-state index in [0.717, 1.165) is 70.8 Å². The number of likely N-dealkylation sites (tertiary alicyclic amines) is 1. The smallest absolute Gasteiger partial charge is 0.225 e. The number of hydrogen-bond acceptors (Lipinski definition) is 5. The molecule has 29 heavy (non-hydrogen) atoms. The lowest BCUT2D eigenvalue weighted by atomic mass is 9.93. The molecule has 0 saturated carbocycles. The number of benzene rings is 1. The Labute approximate surface area is 173 Å². The average Bonchev–Trinajstić information content (AvgIpc) is 2.80. The minimum Gasteiger partial charge on any atom is -0.355 e. The molecule has 1 atom stereocenters. The molecule has 6 heteroatoms. The van der Waals surface area contributed by atoms with Gasteiger partial charge in [0.05, 0.1) is 5.92 Å². The maximum atomic E-state index is 12.7. The lowest BCUT2D eigenvalue weighted by molar-refractivity contribution is -0.127. The van der Waals surface area contributed by atoms with E-state index >= 15 is 0 Å². The Bertz CT molecular complexity index is 761. The number of carbonyl (C=O) groups is 1. The van der Waals surface area contributed by atoms with E-state index in [-0.39, 0.29) is 11.8 Å². The quantitative estimate of drug-likeness (QED) is 0.817. The van der Waals surface area contributed by atoms with Crippen molar-refractivity contribution >= 4 is 11.9 Å². The molecule has 0 aliphatic carbocycles. The van der Waals surface area contributed by atoms with Crippen molar-refractivity contribution in [2.45, 2.75) is 38.1 Å². The lowest BCUT2D eigenvalue weighted by Gasteiger charge is -2.42. The highest BCUT2D eigenvalue weighted by molar-refractivity contribution is 5.79. The van der Waals surface area contributed by atoms with E-state index in [2.05, 4.69) is 37.2 Å². The van der Waals surface area contributed by atoms with Gasteiger partial charge in [0.2, 0.25) is 11.9 Å². The van der Waals surface area contributed by atoms with Crippen LogP contribution in [0.15, 0.2) is 48.8 Å². The summed E-state index contributed by atoms with van der Waals surface area (Å²) in [7, 11) is 0. The van der Waals surface area contributed by atoms with E-state index in [0.29, 0.717) is 6.04 Å². The first kappa shape index (κ1) is 19.8. The fourth-order valence-electron chi connectivity index (χ4n) is 4.56. The Balaban J connectivity index is 1.22. The van der Waals surface area contributed by atoms with E-state index in [1.807, 2.05) is 24.3 Å². The van der Waals surface area contributed by atoms with Crippen LogP contribution in [0.5, 0.6) is 0 Å². The van der Waals surface area contributed by atoms with Crippen molar-refractivity contribution in [1.29, 1.82) is 0 Å². The molecule has 0 spiro atoms. The summed E-state index contributed by atoms with van der Waals surface area (Å²) in [6.45, 7) is 4.69. The molecule has 0 unspecified atom stereocenters. The van der Waals surface area contributed by atoms with Gasteiger partial charge in [-0.1, -0.05) is 30.3 Å². The van der Waals surface area contributed by atoms with Gasteiger partial charge in [-0.2, -0.15) is 0 Å². The molecule has 0 bridgehead atoms. The molecule has 2 aliphatic heterocycles. The zero-order valence-electron chi connectivity index (χ0n) is 17.0. The van der Waals surface area contributed by atoms with Crippen LogP contribution >= 0.6 is 0 Å². The number of rotatable bonds is 6. The molecule has 1 amide bonds. The van der Waals surface area contributed by atoms with Crippen molar-refractivity contribution in [2.75, 3.05) is 37.6 Å². The Hall–Kier alpha value is -2.47. The summed E-state index contributed by atoms with van der Waals surface area (Å²) in [5, 5.41) is 3.16. The molecule has 2 fully saturated rings. The van der Waals surface area contributed by atoms with Crippen LogP contribution in [-0.2, 0) is 11.2 Å². The van der Waals surface area contributed by atoms with Crippen LogP contribution in [0.25, 0.3) is 0 Å². The Morgan fingerprint density at radius 3 is 2.52 bits per heavy atom. The standard InChI is InChI=1S/C23H31N5O/c29-22(24-14-9-19-6-2-1-3-7-19)20-8-4-15-28(18-20)21-10-16-27(17-11-21)23-25-12-5-13-26-23/h1-3,5-7,12-13,20-21H,4,8-11,14-18H2,(H,24,29)/t20-/m1/s1. The molecular formula is C23H31N5O. The highest BCUT2D eigenvalue weighted by Crippen LogP contribution is 2.25. The predicted molar refractivity (Wildman–Crippen MR) is 115 cm³/mol. The minimum absolute atomic E-state index is 0.120. The molecule has 2 saturated heterocycles. The van der Waals surface area contributed by atoms with E-state index in [9.17, 15) is 4.79 Å². The second-order valence-corrected chi connectivity index (χ2v) is 8.13. The largest absolute Gasteiger partial charge is 0.355 e. The van der Waals surface area contributed by atoms with Crippen molar-refractivity contribution in [3.63, 3.8) is 0 Å². The summed E-state index contributed by atoms with van der Waals surface area (Å²) >= 11 is 0. The normalized spacial score (nSPS) is 21.1. The van der Waals surface area contributed by atoms with Crippen LogP contribution in [0.2, 0.25) is 0 Å². The zero-order valence-corrected chi connectivity index (χ0v) is 17.0. The number of anilines is 1. The second kappa shape index (κ2) is 9.83. The molecule has 4 rings (SSSR count). The Morgan fingerprint density at radius 1 is 1.00 bits per heavy atom. The van der Waals surface area contributed by atoms with Gasteiger partial charge < -0.3 is 10.2 Å². The summed E-state index contributed by atoms with van der Waals surface area (Å²) < 4.78 is 0. The zero-order chi connectivity index (χ0) is 19.9. The SMILES string of the molecule is O=C(NCCc1ccccc1)[C@@H]1CCCN(C2CCN(c3ncccn3)CC2)C1. The number of nitrogens with one attached hydrogen (secondary N) is 1. The maximum Gasteiger partial charge on any atom is 0.225 e. The van der Waals surface area contributed by atoms with E-state index in [4.69, 9.17) is 0 Å². The fourth-order valence-corrected chi connectivity index (χ4v) is 4.56. The highest BCUT2D eigenvalue weighted by atomic mass is 16.1. The first-order valence-corrected chi connectivity index (χ1v) is 10.9. The van der Waals surface area contributed by atoms with E-state index < -0.39 is 0 Å². The molecule has 1 aromatic carbocycles. The van der Waals surface area contributed by atoms with Crippen LogP contribution in [0.4, 0.5) is 5.95 Å². The third kappa shape index (κ3) is 5.32. The molecule has 0 radical (unpaired) electrons. The van der Waals surface area contributed by atoms with Crippen molar-refractivity contribution in [3.8, 4) is 0 Å². The van der Waals surface area contributed by atoms with Gasteiger partial charge in [0.25, 0.3) is 0 Å². The van der Waals surface area contributed by atoms with Crippen molar-refractivity contribution in [1.82, 2.24) is 20.2 Å². The third-order valence-electron chi connectivity index (χ3n) is 6.20. The van der Waals surface area contributed by atoms with Gasteiger partial charge >= 0.3 is 0 Å². The number of amides is 1. The topological polar surface area (TPSA) is 61.4 Å². The van der Waals surface area contributed by atoms with Gasteiger partial charge in [0.1, 0.15) is 0 Å². The lowest BCUT2D eigenvalue weighted by Crippen LogP contribution is -2.51. The Kier molecular flexibility index (Phi) is 6.72. The van der Waals surface area contributed by atoms with Crippen molar-refractivity contribution in [3.05, 3.63) is 54.4 Å². The van der Waals surface area contributed by atoms with E-state index in [1.165, 1.54) is 5.56 Å². The number of carbonyl (C=O) groups excluding carboxylic acids is 1. The summed E-state index contributed by atoms with van der Waals surface area (Å²) in [5.74, 6) is 1.18. The van der Waals surface area contributed by atoms with Gasteiger partial charge in [-0.15, -0.1) is 0 Å². The number of nitrogens with zero attached hydrogens (tertiary/aromatic N) is 4. The molecule has 1 aromatic heterocycles. The molecule has 1 N–H and O–H groups in total. The van der Waals surface area contributed by atoms with Crippen LogP contribution < -0.4 is 10.2 Å². The highest BCUT2D eigenvalue weighted by Gasteiger charge is 2.31. The predicted octanol–water partition coefficient (Wildman–Crippen LogP) is 2.52. The molecular weight excluding hydrogens is 362 g/mol. The fraction of sp³-hybridized carbons (Fsp3) is 0.522. The minimum atomic E-state index is 0.120. The van der Waals surface area contributed by atoms with Gasteiger partial charge in [-0.05, 0) is 50.3 Å². The van der Waals surface area contributed by atoms with Crippen molar-refractivity contribution in [2.24, 2.45) is 5.92 Å². The third-order valence-corrected chi connectivity index (χ3v) is 6.20. The summed E-state index contributed by atoms with van der Waals surface area (Å²) in [4.78, 5) is 26.3. The number of hydrogen-bond donors (Lipinski definition) is 1. The first-order chi connectivity index (χ1) is 14.3. The van der Waals surface area contributed by atoms with Crippen LogP contribution in [-0.4, -0.2) is 59.5 Å². The molecule has 3 heterocycles. The van der Waals surface area contributed by atoms with E-state index in [1.54, 1.807) is 12.4 Å². The van der Waals surface area contributed by atoms with Crippen LogP contribution in [0.1, 0.15) is 31.2 Å². The second-order valence-electron chi connectivity index (χ2n) is 8.13. The van der Waals surface area contributed by atoms with Gasteiger partial charge in [-0.3, -0.25) is 9.69 Å². The van der Waals surface area contributed by atoms with Crippen LogP contribution in [0, 0.1) is 5.92 Å².